The quantitative estimate of drug-likeness (QED) is 0.472. The molecule has 0 atom stereocenters. The maximum Gasteiger partial charge on any atom is 0.405 e. The summed E-state index contributed by atoms with van der Waals surface area (Å²) in [4.78, 5) is 10.1. The first-order valence-corrected chi connectivity index (χ1v) is 6.84. The van der Waals surface area contributed by atoms with Crippen molar-refractivity contribution in [1.82, 2.24) is 0 Å². The summed E-state index contributed by atoms with van der Waals surface area (Å²) < 4.78 is 4.42. The van der Waals surface area contributed by atoms with Crippen molar-refractivity contribution in [2.75, 3.05) is 6.61 Å². The van der Waals surface area contributed by atoms with Gasteiger partial charge >= 0.3 is 6.09 Å². The van der Waals surface area contributed by atoms with Crippen molar-refractivity contribution >= 4 is 14.2 Å². The van der Waals surface area contributed by atoms with E-state index in [9.17, 15) is 4.79 Å². The molecule has 0 radical (unpaired) electrons. The Labute approximate surface area is 67.9 Å². The predicted octanol–water partition coefficient (Wildman–Crippen LogP) is 0.962. The van der Waals surface area contributed by atoms with Gasteiger partial charge in [-0.25, -0.2) is 4.79 Å². The van der Waals surface area contributed by atoms with E-state index in [0.29, 0.717) is 0 Å². The third-order valence-electron chi connectivity index (χ3n) is 0.750. The molecule has 0 aliphatic rings. The molecule has 0 spiro atoms. The maximum absolute atomic E-state index is 10.1. The number of carbonyl (C=O) groups excluding carboxylic acids is 1. The third kappa shape index (κ3) is 9.05. The Kier molecular flexibility index (Phi) is 3.69. The summed E-state index contributed by atoms with van der Waals surface area (Å²) in [6, 6.07) is 0. The van der Waals surface area contributed by atoms with Crippen LogP contribution in [-0.2, 0) is 4.74 Å². The number of carbonyl (C=O) groups is 1. The zero-order valence-electron chi connectivity index (χ0n) is 7.10. The van der Waals surface area contributed by atoms with Gasteiger partial charge in [-0.15, -0.1) is 5.54 Å². The van der Waals surface area contributed by atoms with Crippen LogP contribution in [0.3, 0.4) is 0 Å². The lowest BCUT2D eigenvalue weighted by atomic mass is 10.7. The van der Waals surface area contributed by atoms with Crippen molar-refractivity contribution in [2.24, 2.45) is 5.73 Å². The van der Waals surface area contributed by atoms with Crippen molar-refractivity contribution in [1.29, 1.82) is 0 Å². The molecule has 0 aliphatic heterocycles. The number of nitrogens with two attached hydrogens (primary N) is 1. The van der Waals surface area contributed by atoms with Crippen LogP contribution in [0.15, 0.2) is 0 Å². The maximum atomic E-state index is 10.1. The molecule has 0 aromatic rings. The Morgan fingerprint density at radius 1 is 1.55 bits per heavy atom. The molecule has 11 heavy (non-hydrogen) atoms. The minimum Gasteiger partial charge on any atom is -0.437 e. The van der Waals surface area contributed by atoms with Gasteiger partial charge in [0.2, 0.25) is 0 Å². The molecular weight excluding hydrogens is 158 g/mol. The van der Waals surface area contributed by atoms with E-state index in [1.807, 2.05) is 0 Å². The second-order valence-corrected chi connectivity index (χ2v) is 7.91. The molecule has 0 fully saturated rings. The zero-order valence-corrected chi connectivity index (χ0v) is 8.10. The lowest BCUT2D eigenvalue weighted by Crippen LogP contribution is -2.17. The second kappa shape index (κ2) is 4.04. The zero-order chi connectivity index (χ0) is 8.91. The van der Waals surface area contributed by atoms with Crippen LogP contribution in [0.1, 0.15) is 0 Å². The van der Waals surface area contributed by atoms with E-state index in [4.69, 9.17) is 5.73 Å². The summed E-state index contributed by atoms with van der Waals surface area (Å²) >= 11 is 0. The first-order valence-electron chi connectivity index (χ1n) is 3.34. The molecule has 0 saturated carbocycles. The van der Waals surface area contributed by atoms with Crippen LogP contribution < -0.4 is 5.73 Å². The highest BCUT2D eigenvalue weighted by molar-refractivity contribution is 6.83. The summed E-state index contributed by atoms with van der Waals surface area (Å²) in [7, 11) is -1.32. The summed E-state index contributed by atoms with van der Waals surface area (Å²) in [6.45, 7) is 6.46. The largest absolute Gasteiger partial charge is 0.437 e. The molecule has 0 aromatic carbocycles. The number of hydrogen-bond donors (Lipinski definition) is 1. The summed E-state index contributed by atoms with van der Waals surface area (Å²) in [6.07, 6.45) is -0.769. The predicted molar refractivity (Wildman–Crippen MR) is 46.7 cm³/mol. The van der Waals surface area contributed by atoms with Crippen LogP contribution in [0.4, 0.5) is 4.79 Å². The van der Waals surface area contributed by atoms with Gasteiger partial charge in [0, 0.05) is 0 Å². The number of amides is 1. The fraction of sp³-hybridized carbons (Fsp3) is 0.571. The number of ether oxygens (including phenoxy) is 1. The number of hydrogen-bond acceptors (Lipinski definition) is 2. The van der Waals surface area contributed by atoms with Gasteiger partial charge in [0.15, 0.2) is 6.61 Å². The Hall–Kier alpha value is -0.953. The Bertz CT molecular complexity index is 197. The molecule has 62 valence electrons. The average Bonchev–Trinajstić information content (AvgIpc) is 1.78. The summed E-state index contributed by atoms with van der Waals surface area (Å²) in [5.41, 5.74) is 7.76. The average molecular weight is 171 g/mol. The first kappa shape index (κ1) is 10.0. The van der Waals surface area contributed by atoms with E-state index in [1.54, 1.807) is 0 Å². The SMILES string of the molecule is C[Si](C)(C)C#CCOC(N)=O. The van der Waals surface area contributed by atoms with E-state index in [1.165, 1.54) is 0 Å². The molecular formula is C7H13NO2Si. The molecule has 0 aliphatic carbocycles. The van der Waals surface area contributed by atoms with E-state index in [-0.39, 0.29) is 6.61 Å². The monoisotopic (exact) mass is 171 g/mol. The highest BCUT2D eigenvalue weighted by atomic mass is 28.3. The molecule has 0 aromatic heterocycles. The molecule has 0 bridgehead atoms. The van der Waals surface area contributed by atoms with Crippen LogP contribution in [0.5, 0.6) is 0 Å². The van der Waals surface area contributed by atoms with Crippen LogP contribution in [-0.4, -0.2) is 20.8 Å². The van der Waals surface area contributed by atoms with E-state index < -0.39 is 14.2 Å². The topological polar surface area (TPSA) is 52.3 Å². The van der Waals surface area contributed by atoms with Gasteiger partial charge in [0.05, 0.1) is 0 Å². The van der Waals surface area contributed by atoms with Crippen LogP contribution in [0, 0.1) is 11.5 Å². The van der Waals surface area contributed by atoms with E-state index in [0.717, 1.165) is 0 Å². The Morgan fingerprint density at radius 3 is 2.45 bits per heavy atom. The van der Waals surface area contributed by atoms with Crippen molar-refractivity contribution in [2.45, 2.75) is 19.6 Å². The summed E-state index contributed by atoms with van der Waals surface area (Å²) in [5, 5.41) is 0. The van der Waals surface area contributed by atoms with Gasteiger partial charge in [0.1, 0.15) is 8.07 Å². The van der Waals surface area contributed by atoms with Gasteiger partial charge in [-0.3, -0.25) is 0 Å². The van der Waals surface area contributed by atoms with Crippen molar-refractivity contribution in [3.05, 3.63) is 0 Å². The molecule has 1 amide bonds. The Morgan fingerprint density at radius 2 is 2.09 bits per heavy atom. The van der Waals surface area contributed by atoms with Gasteiger partial charge in [-0.2, -0.15) is 0 Å². The minimum atomic E-state index is -1.32. The van der Waals surface area contributed by atoms with Gasteiger partial charge < -0.3 is 10.5 Å². The van der Waals surface area contributed by atoms with Crippen LogP contribution >= 0.6 is 0 Å². The summed E-state index contributed by atoms with van der Waals surface area (Å²) in [5.74, 6) is 2.75. The molecule has 3 nitrogen and oxygen atoms in total. The first-order chi connectivity index (χ1) is 4.92. The smallest absolute Gasteiger partial charge is 0.405 e. The van der Waals surface area contributed by atoms with Crippen LogP contribution in [0.25, 0.3) is 0 Å². The van der Waals surface area contributed by atoms with E-state index in [2.05, 4.69) is 35.8 Å². The van der Waals surface area contributed by atoms with Gasteiger partial charge in [-0.05, 0) is 0 Å². The normalized spacial score (nSPS) is 9.73. The van der Waals surface area contributed by atoms with Crippen molar-refractivity contribution < 1.29 is 9.53 Å². The fourth-order valence-electron chi connectivity index (χ4n) is 0.408. The van der Waals surface area contributed by atoms with Gasteiger partial charge in [0.25, 0.3) is 0 Å². The molecule has 0 saturated heterocycles. The number of primary amides is 1. The highest BCUT2D eigenvalue weighted by Crippen LogP contribution is 1.95. The molecule has 0 rings (SSSR count). The molecule has 2 N–H and O–H groups in total. The fourth-order valence-corrected chi connectivity index (χ4v) is 1.01. The second-order valence-electron chi connectivity index (χ2n) is 3.16. The van der Waals surface area contributed by atoms with Crippen molar-refractivity contribution in [3.63, 3.8) is 0 Å². The lowest BCUT2D eigenvalue weighted by molar-refractivity contribution is 0.171. The molecule has 0 unspecified atom stereocenters. The molecule has 4 heteroatoms. The van der Waals surface area contributed by atoms with E-state index >= 15 is 0 Å². The minimum absolute atomic E-state index is 0.111. The van der Waals surface area contributed by atoms with Crippen molar-refractivity contribution in [3.8, 4) is 11.5 Å². The number of rotatable bonds is 1. The van der Waals surface area contributed by atoms with Crippen LogP contribution in [0.2, 0.25) is 19.6 Å². The third-order valence-corrected chi connectivity index (χ3v) is 1.68. The lowest BCUT2D eigenvalue weighted by Gasteiger charge is -2.02. The standard InChI is InChI=1S/C7H13NO2Si/c1-11(2,3)6-4-5-10-7(8)9/h5H2,1-3H3,(H2,8,9). The molecule has 0 heterocycles. The van der Waals surface area contributed by atoms with Gasteiger partial charge in [-0.1, -0.05) is 25.6 Å². The highest BCUT2D eigenvalue weighted by Gasteiger charge is 2.06. The Balaban J connectivity index is 3.66.